The molecule has 0 saturated carbocycles. The number of halogens is 1. The molecule has 0 aliphatic rings. The van der Waals surface area contributed by atoms with Gasteiger partial charge >= 0.3 is 5.97 Å². The predicted octanol–water partition coefficient (Wildman–Crippen LogP) is 3.92. The average molecular weight is 338 g/mol. The molecule has 2 rings (SSSR count). The highest BCUT2D eigenvalue weighted by Crippen LogP contribution is 2.34. The van der Waals surface area contributed by atoms with E-state index in [0.717, 1.165) is 16.0 Å². The zero-order valence-corrected chi connectivity index (χ0v) is 14.0. The topological polar surface area (TPSA) is 57.6 Å². The molecule has 0 saturated heterocycles. The summed E-state index contributed by atoms with van der Waals surface area (Å²) in [4.78, 5) is 26.1. The summed E-state index contributed by atoms with van der Waals surface area (Å²) >= 11 is 7.35. The molecule has 1 unspecified atom stereocenters. The third-order valence-corrected chi connectivity index (χ3v) is 4.98. The Hall–Kier alpha value is -1.85. The van der Waals surface area contributed by atoms with Crippen LogP contribution >= 0.6 is 22.9 Å². The molecular formula is C16H16ClNO3S. The van der Waals surface area contributed by atoms with Crippen LogP contribution in [0.2, 0.25) is 5.02 Å². The van der Waals surface area contributed by atoms with E-state index < -0.39 is 12.0 Å². The van der Waals surface area contributed by atoms with Crippen LogP contribution in [0.4, 0.5) is 0 Å². The van der Waals surface area contributed by atoms with Gasteiger partial charge in [-0.1, -0.05) is 23.7 Å². The van der Waals surface area contributed by atoms with E-state index in [2.05, 4.69) is 0 Å². The Balaban J connectivity index is 2.34. The number of hydrogen-bond acceptors (Lipinski definition) is 3. The first kappa shape index (κ1) is 16.5. The molecule has 22 heavy (non-hydrogen) atoms. The Morgan fingerprint density at radius 3 is 2.59 bits per heavy atom. The lowest BCUT2D eigenvalue weighted by atomic mass is 10.1. The largest absolute Gasteiger partial charge is 0.480 e. The third-order valence-electron chi connectivity index (χ3n) is 3.47. The first-order chi connectivity index (χ1) is 10.3. The van der Waals surface area contributed by atoms with Crippen LogP contribution in [0.25, 0.3) is 10.4 Å². The lowest BCUT2D eigenvalue weighted by Crippen LogP contribution is -2.39. The lowest BCUT2D eigenvalue weighted by molar-refractivity contribution is -0.141. The van der Waals surface area contributed by atoms with Crippen molar-refractivity contribution in [3.63, 3.8) is 0 Å². The number of likely N-dealkylation sites (N-methyl/N-ethyl adjacent to an activating group) is 1. The summed E-state index contributed by atoms with van der Waals surface area (Å²) in [5, 5.41) is 9.65. The van der Waals surface area contributed by atoms with Crippen molar-refractivity contribution in [3.8, 4) is 10.4 Å². The number of carbonyl (C=O) groups excluding carboxylic acids is 1. The number of aryl methyl sites for hydroxylation is 1. The van der Waals surface area contributed by atoms with Crippen LogP contribution in [0.5, 0.6) is 0 Å². The van der Waals surface area contributed by atoms with Crippen LogP contribution in [0.3, 0.4) is 0 Å². The molecule has 2 aromatic rings. The van der Waals surface area contributed by atoms with Gasteiger partial charge in [0.2, 0.25) is 0 Å². The van der Waals surface area contributed by atoms with Gasteiger partial charge < -0.3 is 10.0 Å². The molecule has 0 fully saturated rings. The van der Waals surface area contributed by atoms with E-state index in [1.54, 1.807) is 12.1 Å². The molecule has 1 amide bonds. The zero-order valence-electron chi connectivity index (χ0n) is 12.5. The monoisotopic (exact) mass is 337 g/mol. The quantitative estimate of drug-likeness (QED) is 0.919. The number of amides is 1. The highest BCUT2D eigenvalue weighted by atomic mass is 35.5. The van der Waals surface area contributed by atoms with Gasteiger partial charge in [0.25, 0.3) is 5.91 Å². The van der Waals surface area contributed by atoms with Gasteiger partial charge in [0.05, 0.1) is 4.88 Å². The maximum Gasteiger partial charge on any atom is 0.326 e. The van der Waals surface area contributed by atoms with Crippen LogP contribution in [-0.2, 0) is 4.79 Å². The second-order valence-electron chi connectivity index (χ2n) is 5.06. The minimum absolute atomic E-state index is 0.295. The van der Waals surface area contributed by atoms with Crippen LogP contribution in [0, 0.1) is 6.92 Å². The second kappa shape index (κ2) is 6.50. The van der Waals surface area contributed by atoms with E-state index in [4.69, 9.17) is 16.7 Å². The van der Waals surface area contributed by atoms with Crippen molar-refractivity contribution in [2.24, 2.45) is 0 Å². The predicted molar refractivity (Wildman–Crippen MR) is 88.7 cm³/mol. The highest BCUT2D eigenvalue weighted by molar-refractivity contribution is 7.17. The molecule has 0 bridgehead atoms. The van der Waals surface area contributed by atoms with Crippen molar-refractivity contribution in [3.05, 3.63) is 45.8 Å². The van der Waals surface area contributed by atoms with E-state index in [9.17, 15) is 9.59 Å². The first-order valence-corrected chi connectivity index (χ1v) is 7.87. The zero-order chi connectivity index (χ0) is 16.4. The van der Waals surface area contributed by atoms with Crippen molar-refractivity contribution in [2.45, 2.75) is 19.9 Å². The lowest BCUT2D eigenvalue weighted by Gasteiger charge is -2.20. The van der Waals surface area contributed by atoms with Gasteiger partial charge in [-0.3, -0.25) is 4.79 Å². The number of benzene rings is 1. The molecule has 4 nitrogen and oxygen atoms in total. The van der Waals surface area contributed by atoms with Gasteiger partial charge in [0, 0.05) is 16.9 Å². The number of carboxylic acids is 1. The van der Waals surface area contributed by atoms with Gasteiger partial charge in [0.1, 0.15) is 6.04 Å². The molecule has 1 heterocycles. The molecule has 0 radical (unpaired) electrons. The molecule has 1 aromatic heterocycles. The second-order valence-corrected chi connectivity index (χ2v) is 6.55. The standard InChI is InChI=1S/C16H16ClNO3S/c1-9-7-13(15(19)18(3)10(2)16(20)21)22-14(9)11-5-4-6-12(17)8-11/h4-8,10H,1-3H3,(H,20,21). The van der Waals surface area contributed by atoms with E-state index >= 15 is 0 Å². The Bertz CT molecular complexity index is 726. The van der Waals surface area contributed by atoms with Crippen molar-refractivity contribution in [1.82, 2.24) is 4.90 Å². The molecule has 6 heteroatoms. The fourth-order valence-corrected chi connectivity index (χ4v) is 3.36. The number of hydrogen-bond donors (Lipinski definition) is 1. The maximum atomic E-state index is 12.4. The molecule has 1 atom stereocenters. The first-order valence-electron chi connectivity index (χ1n) is 6.67. The number of carboxylic acid groups (broad SMARTS) is 1. The van der Waals surface area contributed by atoms with Crippen molar-refractivity contribution in [1.29, 1.82) is 0 Å². The number of rotatable bonds is 4. The SMILES string of the molecule is Cc1cc(C(=O)N(C)C(C)C(=O)O)sc1-c1cccc(Cl)c1. The van der Waals surface area contributed by atoms with Crippen LogP contribution in [0.1, 0.15) is 22.2 Å². The van der Waals surface area contributed by atoms with Gasteiger partial charge in [-0.15, -0.1) is 11.3 Å². The van der Waals surface area contributed by atoms with Crippen LogP contribution in [-0.4, -0.2) is 35.0 Å². The molecule has 1 N–H and O–H groups in total. The van der Waals surface area contributed by atoms with Gasteiger partial charge in [-0.05, 0) is 43.2 Å². The number of aliphatic carboxylic acids is 1. The Morgan fingerprint density at radius 1 is 1.32 bits per heavy atom. The normalized spacial score (nSPS) is 12.0. The molecule has 0 aliphatic carbocycles. The highest BCUT2D eigenvalue weighted by Gasteiger charge is 2.24. The maximum absolute atomic E-state index is 12.4. The van der Waals surface area contributed by atoms with E-state index in [0.29, 0.717) is 9.90 Å². The van der Waals surface area contributed by atoms with E-state index in [1.165, 1.54) is 30.2 Å². The fourth-order valence-electron chi connectivity index (χ4n) is 2.02. The summed E-state index contributed by atoms with van der Waals surface area (Å²) in [6, 6.07) is 8.35. The Morgan fingerprint density at radius 2 is 2.00 bits per heavy atom. The van der Waals surface area contributed by atoms with E-state index in [1.807, 2.05) is 25.1 Å². The summed E-state index contributed by atoms with van der Waals surface area (Å²) < 4.78 is 0. The van der Waals surface area contributed by atoms with Crippen molar-refractivity contribution < 1.29 is 14.7 Å². The fraction of sp³-hybridized carbons (Fsp3) is 0.250. The van der Waals surface area contributed by atoms with Gasteiger partial charge in [0.15, 0.2) is 0 Å². The number of thiophene rings is 1. The summed E-state index contributed by atoms with van der Waals surface area (Å²) in [7, 11) is 1.50. The molecule has 116 valence electrons. The summed E-state index contributed by atoms with van der Waals surface area (Å²) in [5.74, 6) is -1.32. The van der Waals surface area contributed by atoms with Crippen LogP contribution in [0.15, 0.2) is 30.3 Å². The van der Waals surface area contributed by atoms with Crippen LogP contribution < -0.4 is 0 Å². The van der Waals surface area contributed by atoms with Crippen molar-refractivity contribution in [2.75, 3.05) is 7.05 Å². The Kier molecular flexibility index (Phi) is 4.88. The number of carbonyl (C=O) groups is 2. The molecular weight excluding hydrogens is 322 g/mol. The average Bonchev–Trinajstić information content (AvgIpc) is 2.86. The smallest absolute Gasteiger partial charge is 0.326 e. The Labute approximate surface area is 137 Å². The molecule has 0 aliphatic heterocycles. The van der Waals surface area contributed by atoms with Gasteiger partial charge in [-0.2, -0.15) is 0 Å². The minimum Gasteiger partial charge on any atom is -0.480 e. The minimum atomic E-state index is -1.03. The third kappa shape index (κ3) is 3.31. The molecule has 1 aromatic carbocycles. The number of nitrogens with zero attached hydrogens (tertiary/aromatic N) is 1. The van der Waals surface area contributed by atoms with Gasteiger partial charge in [-0.25, -0.2) is 4.79 Å². The summed E-state index contributed by atoms with van der Waals surface area (Å²) in [6.07, 6.45) is 0. The van der Waals surface area contributed by atoms with Crippen molar-refractivity contribution >= 4 is 34.8 Å². The van der Waals surface area contributed by atoms with E-state index in [-0.39, 0.29) is 5.91 Å². The summed E-state index contributed by atoms with van der Waals surface area (Å²) in [6.45, 7) is 3.41. The summed E-state index contributed by atoms with van der Waals surface area (Å²) in [5.41, 5.74) is 1.91. The molecule has 0 spiro atoms.